The molecule has 0 unspecified atom stereocenters. The highest BCUT2D eigenvalue weighted by atomic mass is 16.5. The lowest BCUT2D eigenvalue weighted by molar-refractivity contribution is -0.116. The van der Waals surface area contributed by atoms with Crippen molar-refractivity contribution in [3.63, 3.8) is 0 Å². The summed E-state index contributed by atoms with van der Waals surface area (Å²) >= 11 is 0. The van der Waals surface area contributed by atoms with Crippen LogP contribution in [0.3, 0.4) is 0 Å². The Hall–Kier alpha value is -3.16. The van der Waals surface area contributed by atoms with Crippen LogP contribution in [-0.4, -0.2) is 32.3 Å². The maximum Gasteiger partial charge on any atom is 0.264 e. The molecule has 0 saturated carbocycles. The number of anilines is 1. The number of aryl methyl sites for hydroxylation is 1. The van der Waals surface area contributed by atoms with E-state index in [2.05, 4.69) is 15.4 Å². The van der Waals surface area contributed by atoms with Gasteiger partial charge >= 0.3 is 0 Å². The molecule has 1 aromatic carbocycles. The Morgan fingerprint density at radius 3 is 2.91 bits per heavy atom. The van der Waals surface area contributed by atoms with E-state index in [4.69, 9.17) is 4.74 Å². The molecule has 118 valence electrons. The maximum atomic E-state index is 12.3. The number of aromatic nitrogens is 4. The van der Waals surface area contributed by atoms with Crippen molar-refractivity contribution in [2.75, 3.05) is 12.4 Å². The van der Waals surface area contributed by atoms with E-state index >= 15 is 0 Å². The van der Waals surface area contributed by atoms with Crippen molar-refractivity contribution >= 4 is 22.6 Å². The van der Waals surface area contributed by atoms with E-state index in [0.29, 0.717) is 22.5 Å². The van der Waals surface area contributed by atoms with Crippen molar-refractivity contribution in [1.29, 1.82) is 0 Å². The molecule has 2 heterocycles. The maximum absolute atomic E-state index is 12.3. The number of nitrogens with one attached hydrogen (secondary N) is 1. The van der Waals surface area contributed by atoms with Crippen LogP contribution in [0.15, 0.2) is 41.6 Å². The van der Waals surface area contributed by atoms with Gasteiger partial charge in [0.2, 0.25) is 5.91 Å². The van der Waals surface area contributed by atoms with Gasteiger partial charge in [0.25, 0.3) is 5.56 Å². The number of methoxy groups -OCH3 is 1. The number of carbonyl (C=O) groups excluding carboxylic acids is 1. The summed E-state index contributed by atoms with van der Waals surface area (Å²) in [7, 11) is 3.23. The average Bonchev–Trinajstić information content (AvgIpc) is 2.92. The molecule has 8 nitrogen and oxygen atoms in total. The zero-order chi connectivity index (χ0) is 16.4. The summed E-state index contributed by atoms with van der Waals surface area (Å²) in [6.45, 7) is -0.144. The second-order valence-corrected chi connectivity index (χ2v) is 4.93. The fraction of sp³-hybridized carbons (Fsp3) is 0.200. The van der Waals surface area contributed by atoms with Crippen LogP contribution in [0, 0.1) is 0 Å². The molecule has 3 aromatic rings. The quantitative estimate of drug-likeness (QED) is 0.768. The van der Waals surface area contributed by atoms with Crippen LogP contribution in [0.4, 0.5) is 5.69 Å². The van der Waals surface area contributed by atoms with Gasteiger partial charge in [0.05, 0.1) is 19.0 Å². The second kappa shape index (κ2) is 5.91. The van der Waals surface area contributed by atoms with Gasteiger partial charge < -0.3 is 10.1 Å². The van der Waals surface area contributed by atoms with Crippen LogP contribution in [-0.2, 0) is 18.4 Å². The molecule has 0 aliphatic heterocycles. The van der Waals surface area contributed by atoms with Crippen LogP contribution in [0.25, 0.3) is 11.0 Å². The molecule has 1 N–H and O–H groups in total. The highest BCUT2D eigenvalue weighted by Crippen LogP contribution is 2.22. The van der Waals surface area contributed by atoms with Crippen molar-refractivity contribution in [3.05, 3.63) is 47.1 Å². The summed E-state index contributed by atoms with van der Waals surface area (Å²) in [6.07, 6.45) is 2.79. The lowest BCUT2D eigenvalue weighted by Crippen LogP contribution is -2.28. The Morgan fingerprint density at radius 1 is 1.35 bits per heavy atom. The smallest absolute Gasteiger partial charge is 0.264 e. The first kappa shape index (κ1) is 14.8. The summed E-state index contributed by atoms with van der Waals surface area (Å²) in [6, 6.07) is 7.06. The summed E-state index contributed by atoms with van der Waals surface area (Å²) in [5.74, 6) is 0.204. The molecule has 0 bridgehead atoms. The summed E-state index contributed by atoms with van der Waals surface area (Å²) in [5, 5.41) is 7.08. The van der Waals surface area contributed by atoms with Crippen molar-refractivity contribution < 1.29 is 9.53 Å². The van der Waals surface area contributed by atoms with Gasteiger partial charge in [0.1, 0.15) is 24.0 Å². The molecule has 0 spiro atoms. The Morgan fingerprint density at radius 2 is 2.13 bits per heavy atom. The molecule has 0 aliphatic carbocycles. The first-order valence-corrected chi connectivity index (χ1v) is 6.90. The van der Waals surface area contributed by atoms with Crippen LogP contribution in [0.1, 0.15) is 0 Å². The predicted molar refractivity (Wildman–Crippen MR) is 84.4 cm³/mol. The first-order chi connectivity index (χ1) is 11.1. The topological polar surface area (TPSA) is 91.0 Å². The molecular weight excluding hydrogens is 298 g/mol. The minimum absolute atomic E-state index is 0.144. The van der Waals surface area contributed by atoms with Crippen molar-refractivity contribution in [2.45, 2.75) is 6.54 Å². The average molecular weight is 313 g/mol. The molecule has 2 aromatic heterocycles. The fourth-order valence-corrected chi connectivity index (χ4v) is 2.27. The van der Waals surface area contributed by atoms with Gasteiger partial charge in [-0.05, 0) is 12.1 Å². The zero-order valence-corrected chi connectivity index (χ0v) is 12.7. The second-order valence-electron chi connectivity index (χ2n) is 4.93. The van der Waals surface area contributed by atoms with E-state index < -0.39 is 0 Å². The molecule has 23 heavy (non-hydrogen) atoms. The highest BCUT2D eigenvalue weighted by Gasteiger charge is 2.12. The number of carbonyl (C=O) groups is 1. The lowest BCUT2D eigenvalue weighted by atomic mass is 10.3. The van der Waals surface area contributed by atoms with Crippen molar-refractivity contribution in [2.24, 2.45) is 7.05 Å². The monoisotopic (exact) mass is 313 g/mol. The number of hydrogen-bond donors (Lipinski definition) is 1. The summed E-state index contributed by atoms with van der Waals surface area (Å²) in [5.41, 5.74) is 0.720. The Labute approximate surface area is 131 Å². The van der Waals surface area contributed by atoms with Gasteiger partial charge in [0.15, 0.2) is 5.65 Å². The third-order valence-corrected chi connectivity index (χ3v) is 3.41. The number of amides is 1. The normalized spacial score (nSPS) is 10.7. The molecule has 3 rings (SSSR count). The number of hydrogen-bond acceptors (Lipinski definition) is 5. The van der Waals surface area contributed by atoms with Gasteiger partial charge in [-0.25, -0.2) is 4.98 Å². The summed E-state index contributed by atoms with van der Waals surface area (Å²) < 4.78 is 7.93. The van der Waals surface area contributed by atoms with Crippen LogP contribution in [0.5, 0.6) is 5.75 Å². The van der Waals surface area contributed by atoms with Crippen molar-refractivity contribution in [3.8, 4) is 5.75 Å². The Balaban J connectivity index is 1.83. The van der Waals surface area contributed by atoms with Gasteiger partial charge in [-0.1, -0.05) is 12.1 Å². The first-order valence-electron chi connectivity index (χ1n) is 6.90. The molecule has 0 saturated heterocycles. The predicted octanol–water partition coefficient (Wildman–Crippen LogP) is 0.777. The number of rotatable bonds is 4. The summed E-state index contributed by atoms with van der Waals surface area (Å²) in [4.78, 5) is 28.6. The number of benzene rings is 1. The Bertz CT molecular complexity index is 928. The zero-order valence-electron chi connectivity index (χ0n) is 12.7. The van der Waals surface area contributed by atoms with E-state index in [-0.39, 0.29) is 18.0 Å². The molecule has 8 heteroatoms. The fourth-order valence-electron chi connectivity index (χ4n) is 2.27. The number of nitrogens with zero attached hydrogens (tertiary/aromatic N) is 4. The van der Waals surface area contributed by atoms with Gasteiger partial charge in [-0.3, -0.25) is 18.8 Å². The van der Waals surface area contributed by atoms with Crippen LogP contribution < -0.4 is 15.6 Å². The van der Waals surface area contributed by atoms with E-state index in [1.165, 1.54) is 28.9 Å². The van der Waals surface area contributed by atoms with Crippen LogP contribution >= 0.6 is 0 Å². The number of para-hydroxylation sites is 2. The van der Waals surface area contributed by atoms with Gasteiger partial charge in [-0.2, -0.15) is 5.10 Å². The van der Waals surface area contributed by atoms with Crippen molar-refractivity contribution in [1.82, 2.24) is 19.3 Å². The minimum atomic E-state index is -0.346. The molecule has 0 atom stereocenters. The minimum Gasteiger partial charge on any atom is -0.495 e. The molecule has 1 amide bonds. The largest absolute Gasteiger partial charge is 0.495 e. The van der Waals surface area contributed by atoms with Gasteiger partial charge in [0, 0.05) is 7.05 Å². The van der Waals surface area contributed by atoms with E-state index in [9.17, 15) is 9.59 Å². The van der Waals surface area contributed by atoms with E-state index in [1.807, 2.05) is 0 Å². The number of ether oxygens (including phenoxy) is 1. The van der Waals surface area contributed by atoms with E-state index in [0.717, 1.165) is 0 Å². The third kappa shape index (κ3) is 2.78. The number of fused-ring (bicyclic) bond motifs is 1. The highest BCUT2D eigenvalue weighted by molar-refractivity contribution is 5.92. The molecule has 0 aliphatic rings. The van der Waals surface area contributed by atoms with Gasteiger partial charge in [-0.15, -0.1) is 0 Å². The van der Waals surface area contributed by atoms with E-state index in [1.54, 1.807) is 31.3 Å². The third-order valence-electron chi connectivity index (χ3n) is 3.41. The molecule has 0 radical (unpaired) electrons. The molecule has 0 fully saturated rings. The lowest BCUT2D eigenvalue weighted by Gasteiger charge is -2.10. The SMILES string of the molecule is COc1ccccc1NC(=O)Cn1cnc2c(cnn2C)c1=O. The van der Waals surface area contributed by atoms with Crippen LogP contribution in [0.2, 0.25) is 0 Å². The standard InChI is InChI=1S/C15H15N5O3/c1-19-14-10(7-17-19)15(22)20(9-16-14)8-13(21)18-11-5-3-4-6-12(11)23-2/h3-7,9H,8H2,1-2H3,(H,18,21). The molecular formula is C15H15N5O3. The Kier molecular flexibility index (Phi) is 3.80.